The highest BCUT2D eigenvalue weighted by molar-refractivity contribution is 7.89. The Bertz CT molecular complexity index is 1150. The summed E-state index contributed by atoms with van der Waals surface area (Å²) in [4.78, 5) is 21.6. The van der Waals surface area contributed by atoms with E-state index in [-0.39, 0.29) is 16.5 Å². The molecule has 29 heavy (non-hydrogen) atoms. The van der Waals surface area contributed by atoms with E-state index >= 15 is 0 Å². The van der Waals surface area contributed by atoms with Gasteiger partial charge >= 0.3 is 0 Å². The zero-order valence-electron chi connectivity index (χ0n) is 15.3. The highest BCUT2D eigenvalue weighted by Crippen LogP contribution is 2.21. The van der Waals surface area contributed by atoms with Crippen molar-refractivity contribution >= 4 is 32.7 Å². The fourth-order valence-corrected chi connectivity index (χ4v) is 4.62. The molecule has 0 saturated carbocycles. The molecule has 0 aliphatic carbocycles. The molecule has 0 spiro atoms. The first-order chi connectivity index (χ1) is 14.0. The second-order valence-corrected chi connectivity index (χ2v) is 8.49. The molecular weight excluding hydrogens is 394 g/mol. The number of sulfonamides is 1. The van der Waals surface area contributed by atoms with E-state index in [4.69, 9.17) is 5.21 Å². The zero-order valence-corrected chi connectivity index (χ0v) is 16.1. The normalized spacial score (nSPS) is 16.9. The van der Waals surface area contributed by atoms with Crippen LogP contribution in [0.15, 0.2) is 59.8 Å². The highest BCUT2D eigenvalue weighted by Gasteiger charge is 2.28. The van der Waals surface area contributed by atoms with Crippen molar-refractivity contribution in [3.05, 3.63) is 60.4 Å². The second-order valence-electron chi connectivity index (χ2n) is 6.77. The third kappa shape index (κ3) is 4.04. The van der Waals surface area contributed by atoms with Crippen LogP contribution in [0.2, 0.25) is 0 Å². The van der Waals surface area contributed by atoms with E-state index in [1.54, 1.807) is 18.2 Å². The average Bonchev–Trinajstić information content (AvgIpc) is 3.20. The molecule has 3 N–H and O–H groups in total. The number of amides is 1. The molecule has 2 aromatic carbocycles. The van der Waals surface area contributed by atoms with Gasteiger partial charge in [-0.05, 0) is 29.3 Å². The van der Waals surface area contributed by atoms with Crippen LogP contribution in [-0.4, -0.2) is 48.6 Å². The monoisotopic (exact) mass is 413 g/mol. The number of nitrogens with one attached hydrogen (secondary N) is 2. The molecule has 2 heterocycles. The SMILES string of the molecule is O=C(NO)c1cnc(N2CCC(NS(=O)(=O)c3ccc4ccccc4c3)C2)nc1. The predicted molar refractivity (Wildman–Crippen MR) is 106 cm³/mol. The van der Waals surface area contributed by atoms with E-state index in [9.17, 15) is 13.2 Å². The molecule has 4 rings (SSSR count). The van der Waals surface area contributed by atoms with Gasteiger partial charge in [0.05, 0.1) is 10.5 Å². The summed E-state index contributed by atoms with van der Waals surface area (Å²) in [7, 11) is -3.66. The number of anilines is 1. The minimum Gasteiger partial charge on any atom is -0.339 e. The van der Waals surface area contributed by atoms with Crippen LogP contribution in [0.3, 0.4) is 0 Å². The maximum Gasteiger partial charge on any atom is 0.277 e. The van der Waals surface area contributed by atoms with Crippen LogP contribution in [0, 0.1) is 0 Å². The van der Waals surface area contributed by atoms with Crippen LogP contribution >= 0.6 is 0 Å². The van der Waals surface area contributed by atoms with Crippen molar-refractivity contribution in [1.29, 1.82) is 0 Å². The molecule has 9 nitrogen and oxygen atoms in total. The Morgan fingerprint density at radius 1 is 1.10 bits per heavy atom. The number of hydrogen-bond donors (Lipinski definition) is 3. The first-order valence-corrected chi connectivity index (χ1v) is 10.5. The molecule has 1 amide bonds. The molecule has 1 aromatic heterocycles. The van der Waals surface area contributed by atoms with Gasteiger partial charge in [0.25, 0.3) is 5.91 Å². The van der Waals surface area contributed by atoms with Crippen LogP contribution in [0.25, 0.3) is 10.8 Å². The second kappa shape index (κ2) is 7.74. The van der Waals surface area contributed by atoms with Crippen molar-refractivity contribution in [3.8, 4) is 0 Å². The summed E-state index contributed by atoms with van der Waals surface area (Å²) in [5.74, 6) is -0.300. The van der Waals surface area contributed by atoms with Crippen LogP contribution in [0.4, 0.5) is 5.95 Å². The number of hydroxylamine groups is 1. The number of benzene rings is 2. The Morgan fingerprint density at radius 2 is 1.83 bits per heavy atom. The largest absolute Gasteiger partial charge is 0.339 e. The molecule has 1 aliphatic heterocycles. The third-order valence-electron chi connectivity index (χ3n) is 4.83. The first kappa shape index (κ1) is 19.2. The highest BCUT2D eigenvalue weighted by atomic mass is 32.2. The molecule has 1 atom stereocenters. The van der Waals surface area contributed by atoms with Crippen LogP contribution in [-0.2, 0) is 10.0 Å². The van der Waals surface area contributed by atoms with Crippen LogP contribution in [0.5, 0.6) is 0 Å². The lowest BCUT2D eigenvalue weighted by atomic mass is 10.1. The van der Waals surface area contributed by atoms with Crippen LogP contribution in [0.1, 0.15) is 16.8 Å². The van der Waals surface area contributed by atoms with Gasteiger partial charge in [-0.2, -0.15) is 0 Å². The maximum atomic E-state index is 12.8. The zero-order chi connectivity index (χ0) is 20.4. The maximum absolute atomic E-state index is 12.8. The van der Waals surface area contributed by atoms with Crippen molar-refractivity contribution in [2.75, 3.05) is 18.0 Å². The molecule has 3 aromatic rings. The van der Waals surface area contributed by atoms with E-state index in [0.717, 1.165) is 10.8 Å². The van der Waals surface area contributed by atoms with E-state index in [1.807, 2.05) is 29.2 Å². The quantitative estimate of drug-likeness (QED) is 0.425. The van der Waals surface area contributed by atoms with Crippen LogP contribution < -0.4 is 15.1 Å². The number of fused-ring (bicyclic) bond motifs is 1. The van der Waals surface area contributed by atoms with Gasteiger partial charge in [0.2, 0.25) is 16.0 Å². The van der Waals surface area contributed by atoms with Gasteiger partial charge < -0.3 is 4.90 Å². The lowest BCUT2D eigenvalue weighted by molar-refractivity contribution is 0.0705. The number of rotatable bonds is 5. The Labute approximate surface area is 167 Å². The average molecular weight is 413 g/mol. The van der Waals surface area contributed by atoms with Gasteiger partial charge in [-0.1, -0.05) is 30.3 Å². The Kier molecular flexibility index (Phi) is 5.14. The minimum absolute atomic E-state index is 0.129. The molecular formula is C19H19N5O4S. The number of nitrogens with zero attached hydrogens (tertiary/aromatic N) is 3. The van der Waals surface area contributed by atoms with Gasteiger partial charge in [-0.3, -0.25) is 10.0 Å². The molecule has 10 heteroatoms. The van der Waals surface area contributed by atoms with Crippen molar-refractivity contribution in [3.63, 3.8) is 0 Å². The van der Waals surface area contributed by atoms with Gasteiger partial charge in [0, 0.05) is 31.5 Å². The topological polar surface area (TPSA) is 125 Å². The molecule has 150 valence electrons. The van der Waals surface area contributed by atoms with E-state index in [0.29, 0.717) is 25.5 Å². The number of carbonyl (C=O) groups excluding carboxylic acids is 1. The Balaban J connectivity index is 1.45. The lowest BCUT2D eigenvalue weighted by Gasteiger charge is -2.17. The molecule has 1 fully saturated rings. The summed E-state index contributed by atoms with van der Waals surface area (Å²) < 4.78 is 28.3. The minimum atomic E-state index is -3.66. The van der Waals surface area contributed by atoms with Gasteiger partial charge in [-0.15, -0.1) is 0 Å². The standard InChI is InChI=1S/C19H19N5O4S/c25-18(22-26)15-10-20-19(21-11-15)24-8-7-16(12-24)23-29(27,28)17-6-5-13-3-1-2-4-14(13)9-17/h1-6,9-11,16,23,26H,7-8,12H2,(H,22,25). The number of carbonyl (C=O) groups is 1. The van der Waals surface area contributed by atoms with E-state index in [2.05, 4.69) is 14.7 Å². The number of hydrogen-bond acceptors (Lipinski definition) is 7. The summed E-state index contributed by atoms with van der Waals surface area (Å²) in [6, 6.07) is 12.4. The fraction of sp³-hybridized carbons (Fsp3) is 0.211. The molecule has 1 unspecified atom stereocenters. The van der Waals surface area contributed by atoms with Crippen molar-refractivity contribution in [1.82, 2.24) is 20.2 Å². The van der Waals surface area contributed by atoms with Gasteiger partial charge in [0.15, 0.2) is 0 Å². The summed E-state index contributed by atoms with van der Waals surface area (Å²) in [5.41, 5.74) is 1.65. The molecule has 0 bridgehead atoms. The predicted octanol–water partition coefficient (Wildman–Crippen LogP) is 1.31. The summed E-state index contributed by atoms with van der Waals surface area (Å²) >= 11 is 0. The molecule has 1 saturated heterocycles. The van der Waals surface area contributed by atoms with E-state index < -0.39 is 15.9 Å². The summed E-state index contributed by atoms with van der Waals surface area (Å²) in [6.45, 7) is 0.995. The molecule has 1 aliphatic rings. The Hall–Kier alpha value is -3.08. The van der Waals surface area contributed by atoms with E-state index in [1.165, 1.54) is 17.9 Å². The summed E-state index contributed by atoms with van der Waals surface area (Å²) in [6.07, 6.45) is 3.22. The smallest absolute Gasteiger partial charge is 0.277 e. The van der Waals surface area contributed by atoms with Gasteiger partial charge in [0.1, 0.15) is 0 Å². The van der Waals surface area contributed by atoms with Gasteiger partial charge in [-0.25, -0.2) is 28.6 Å². The first-order valence-electron chi connectivity index (χ1n) is 8.99. The van der Waals surface area contributed by atoms with Crippen molar-refractivity contribution < 1.29 is 18.4 Å². The van der Waals surface area contributed by atoms with Crippen molar-refractivity contribution in [2.45, 2.75) is 17.4 Å². The lowest BCUT2D eigenvalue weighted by Crippen LogP contribution is -2.37. The number of aromatic nitrogens is 2. The molecule has 0 radical (unpaired) electrons. The fourth-order valence-electron chi connectivity index (χ4n) is 3.33. The summed E-state index contributed by atoms with van der Waals surface area (Å²) in [5, 5.41) is 10.5. The van der Waals surface area contributed by atoms with Crippen molar-refractivity contribution in [2.24, 2.45) is 0 Å². The Morgan fingerprint density at radius 3 is 2.55 bits per heavy atom. The third-order valence-corrected chi connectivity index (χ3v) is 6.34.